The van der Waals surface area contributed by atoms with Gasteiger partial charge in [0.2, 0.25) is 0 Å². The van der Waals surface area contributed by atoms with E-state index in [-0.39, 0.29) is 6.04 Å². The van der Waals surface area contributed by atoms with Crippen molar-refractivity contribution in [3.8, 4) is 0 Å². The second kappa shape index (κ2) is 7.44. The van der Waals surface area contributed by atoms with E-state index in [0.29, 0.717) is 12.1 Å². The van der Waals surface area contributed by atoms with Crippen molar-refractivity contribution in [3.05, 3.63) is 35.4 Å². The molecule has 1 fully saturated rings. The van der Waals surface area contributed by atoms with Crippen LogP contribution >= 0.6 is 0 Å². The number of hydrogen-bond acceptors (Lipinski definition) is 3. The Kier molecular flexibility index (Phi) is 5.83. The number of benzene rings is 1. The lowest BCUT2D eigenvalue weighted by atomic mass is 10.0. The maximum atomic E-state index is 12.9. The molecule has 1 aromatic rings. The Morgan fingerprint density at radius 1 is 1.18 bits per heavy atom. The van der Waals surface area contributed by atoms with Crippen LogP contribution in [0.5, 0.6) is 0 Å². The Morgan fingerprint density at radius 3 is 2.41 bits per heavy atom. The molecule has 0 spiro atoms. The van der Waals surface area contributed by atoms with Gasteiger partial charge in [-0.25, -0.2) is 0 Å². The molecule has 1 atom stereocenters. The molecule has 1 aliphatic heterocycles. The minimum absolute atomic E-state index is 0.147. The Bertz CT molecular complexity index is 468. The van der Waals surface area contributed by atoms with Gasteiger partial charge in [-0.15, -0.1) is 0 Å². The first-order chi connectivity index (χ1) is 10.5. The summed E-state index contributed by atoms with van der Waals surface area (Å²) in [5.74, 6) is 0. The third kappa shape index (κ3) is 4.21. The van der Waals surface area contributed by atoms with E-state index >= 15 is 0 Å². The molecule has 1 saturated heterocycles. The monoisotopic (exact) mass is 315 g/mol. The maximum absolute atomic E-state index is 12.9. The van der Waals surface area contributed by atoms with Crippen molar-refractivity contribution in [1.82, 2.24) is 9.80 Å². The van der Waals surface area contributed by atoms with E-state index in [1.807, 2.05) is 0 Å². The highest BCUT2D eigenvalue weighted by atomic mass is 19.4. The summed E-state index contributed by atoms with van der Waals surface area (Å²) in [7, 11) is 0. The molecule has 2 N–H and O–H groups in total. The zero-order valence-corrected chi connectivity index (χ0v) is 12.9. The average molecular weight is 315 g/mol. The van der Waals surface area contributed by atoms with E-state index in [4.69, 9.17) is 5.73 Å². The van der Waals surface area contributed by atoms with Crippen molar-refractivity contribution in [2.24, 2.45) is 5.73 Å². The van der Waals surface area contributed by atoms with Crippen molar-refractivity contribution in [2.45, 2.75) is 25.6 Å². The summed E-state index contributed by atoms with van der Waals surface area (Å²) in [6.45, 7) is 7.14. The van der Waals surface area contributed by atoms with Crippen LogP contribution in [0, 0.1) is 0 Å². The fourth-order valence-electron chi connectivity index (χ4n) is 3.03. The predicted octanol–water partition coefficient (Wildman–Crippen LogP) is 2.73. The Hall–Kier alpha value is -1.11. The number of hydrogen-bond donors (Lipinski definition) is 1. The van der Waals surface area contributed by atoms with Gasteiger partial charge in [0.1, 0.15) is 0 Å². The molecule has 0 radical (unpaired) electrons. The van der Waals surface area contributed by atoms with Gasteiger partial charge in [-0.2, -0.15) is 13.2 Å². The van der Waals surface area contributed by atoms with Gasteiger partial charge in [-0.3, -0.25) is 4.90 Å². The molecular formula is C16H24F3N3. The van der Waals surface area contributed by atoms with Crippen LogP contribution < -0.4 is 5.73 Å². The van der Waals surface area contributed by atoms with Crippen LogP contribution in [-0.4, -0.2) is 49.1 Å². The number of nitrogens with zero attached hydrogens (tertiary/aromatic N) is 2. The van der Waals surface area contributed by atoms with Gasteiger partial charge >= 0.3 is 6.18 Å². The molecule has 1 unspecified atom stereocenters. The first kappa shape index (κ1) is 17.2. The van der Waals surface area contributed by atoms with Crippen LogP contribution in [0.15, 0.2) is 24.3 Å². The molecule has 124 valence electrons. The lowest BCUT2D eigenvalue weighted by Gasteiger charge is -2.39. The van der Waals surface area contributed by atoms with Crippen LogP contribution in [0.3, 0.4) is 0 Å². The Balaban J connectivity index is 2.09. The van der Waals surface area contributed by atoms with Gasteiger partial charge in [-0.1, -0.05) is 19.1 Å². The van der Waals surface area contributed by atoms with Gasteiger partial charge in [0.05, 0.1) is 5.56 Å². The van der Waals surface area contributed by atoms with Crippen LogP contribution in [0.1, 0.15) is 30.5 Å². The molecule has 0 aliphatic carbocycles. The Morgan fingerprint density at radius 2 is 1.86 bits per heavy atom. The lowest BCUT2D eigenvalue weighted by Crippen LogP contribution is -2.49. The molecule has 0 aromatic heterocycles. The minimum Gasteiger partial charge on any atom is -0.329 e. The summed E-state index contributed by atoms with van der Waals surface area (Å²) in [6.07, 6.45) is -3.19. The first-order valence-electron chi connectivity index (χ1n) is 7.79. The van der Waals surface area contributed by atoms with E-state index < -0.39 is 11.7 Å². The van der Waals surface area contributed by atoms with Gasteiger partial charge in [0.15, 0.2) is 0 Å². The number of nitrogens with two attached hydrogens (primary N) is 1. The Labute approximate surface area is 129 Å². The summed E-state index contributed by atoms with van der Waals surface area (Å²) < 4.78 is 38.6. The average Bonchev–Trinajstić information content (AvgIpc) is 2.49. The fraction of sp³-hybridized carbons (Fsp3) is 0.625. The van der Waals surface area contributed by atoms with Crippen molar-refractivity contribution in [3.63, 3.8) is 0 Å². The second-order valence-corrected chi connectivity index (χ2v) is 5.75. The summed E-state index contributed by atoms with van der Waals surface area (Å²) >= 11 is 0. The SMILES string of the molecule is CCCN1CCN(C(CN)c2cccc(C(F)(F)F)c2)CC1. The van der Waals surface area contributed by atoms with E-state index in [9.17, 15) is 13.2 Å². The highest BCUT2D eigenvalue weighted by Crippen LogP contribution is 2.32. The van der Waals surface area contributed by atoms with Gasteiger partial charge in [-0.05, 0) is 30.7 Å². The summed E-state index contributed by atoms with van der Waals surface area (Å²) in [6, 6.07) is 5.40. The van der Waals surface area contributed by atoms with E-state index in [2.05, 4.69) is 16.7 Å². The van der Waals surface area contributed by atoms with Gasteiger partial charge < -0.3 is 10.6 Å². The number of halogens is 3. The highest BCUT2D eigenvalue weighted by molar-refractivity contribution is 5.28. The lowest BCUT2D eigenvalue weighted by molar-refractivity contribution is -0.137. The molecule has 2 rings (SSSR count). The van der Waals surface area contributed by atoms with Gasteiger partial charge in [0.25, 0.3) is 0 Å². The summed E-state index contributed by atoms with van der Waals surface area (Å²) in [5.41, 5.74) is 5.90. The van der Waals surface area contributed by atoms with Crippen molar-refractivity contribution < 1.29 is 13.2 Å². The number of rotatable bonds is 5. The van der Waals surface area contributed by atoms with Gasteiger partial charge in [0, 0.05) is 38.8 Å². The van der Waals surface area contributed by atoms with E-state index in [1.165, 1.54) is 12.1 Å². The van der Waals surface area contributed by atoms with Crippen LogP contribution in [0.2, 0.25) is 0 Å². The zero-order chi connectivity index (χ0) is 16.2. The molecule has 0 saturated carbocycles. The molecule has 6 heteroatoms. The minimum atomic E-state index is -4.31. The smallest absolute Gasteiger partial charge is 0.329 e. The van der Waals surface area contributed by atoms with E-state index in [1.54, 1.807) is 6.07 Å². The third-order valence-corrected chi connectivity index (χ3v) is 4.21. The second-order valence-electron chi connectivity index (χ2n) is 5.75. The quantitative estimate of drug-likeness (QED) is 0.907. The molecule has 0 bridgehead atoms. The number of piperazine rings is 1. The molecule has 1 aliphatic rings. The summed E-state index contributed by atoms with van der Waals surface area (Å²) in [4.78, 5) is 4.58. The maximum Gasteiger partial charge on any atom is 0.416 e. The third-order valence-electron chi connectivity index (χ3n) is 4.21. The largest absolute Gasteiger partial charge is 0.416 e. The van der Waals surface area contributed by atoms with Crippen molar-refractivity contribution in [1.29, 1.82) is 0 Å². The zero-order valence-electron chi connectivity index (χ0n) is 12.9. The molecule has 22 heavy (non-hydrogen) atoms. The predicted molar refractivity (Wildman–Crippen MR) is 81.5 cm³/mol. The van der Waals surface area contributed by atoms with Crippen LogP contribution in [-0.2, 0) is 6.18 Å². The van der Waals surface area contributed by atoms with Crippen molar-refractivity contribution in [2.75, 3.05) is 39.3 Å². The molecular weight excluding hydrogens is 291 g/mol. The molecule has 1 aromatic carbocycles. The highest BCUT2D eigenvalue weighted by Gasteiger charge is 2.32. The molecule has 0 amide bonds. The topological polar surface area (TPSA) is 32.5 Å². The molecule has 3 nitrogen and oxygen atoms in total. The number of alkyl halides is 3. The normalized spacial score (nSPS) is 19.3. The van der Waals surface area contributed by atoms with Crippen LogP contribution in [0.4, 0.5) is 13.2 Å². The first-order valence-corrected chi connectivity index (χ1v) is 7.79. The standard InChI is InChI=1S/C16H24F3N3/c1-2-6-21-7-9-22(10-8-21)15(12-20)13-4-3-5-14(11-13)16(17,18)19/h3-5,11,15H,2,6-10,12,20H2,1H3. The molecule has 1 heterocycles. The van der Waals surface area contributed by atoms with E-state index in [0.717, 1.165) is 45.2 Å². The van der Waals surface area contributed by atoms with Crippen molar-refractivity contribution >= 4 is 0 Å². The van der Waals surface area contributed by atoms with Crippen LogP contribution in [0.25, 0.3) is 0 Å². The summed E-state index contributed by atoms with van der Waals surface area (Å²) in [5, 5.41) is 0. The fourth-order valence-corrected chi connectivity index (χ4v) is 3.03.